The third-order valence-corrected chi connectivity index (χ3v) is 9.45. The van der Waals surface area contributed by atoms with Crippen LogP contribution in [0.5, 0.6) is 5.75 Å². The lowest BCUT2D eigenvalue weighted by atomic mass is 9.56. The van der Waals surface area contributed by atoms with Crippen molar-refractivity contribution in [1.82, 2.24) is 20.1 Å². The zero-order valence-corrected chi connectivity index (χ0v) is 23.1. The number of aryl methyl sites for hydroxylation is 1. The Hall–Kier alpha value is -3.34. The van der Waals surface area contributed by atoms with Gasteiger partial charge in [0.2, 0.25) is 0 Å². The highest BCUT2D eigenvalue weighted by Crippen LogP contribution is 2.56. The number of ether oxygens (including phenoxy) is 1. The van der Waals surface area contributed by atoms with Crippen molar-refractivity contribution < 1.29 is 9.53 Å². The molecular weight excluding hydrogens is 486 g/mol. The third-order valence-electron chi connectivity index (χ3n) is 9.45. The largest absolute Gasteiger partial charge is 0.496 e. The molecule has 0 radical (unpaired) electrons. The van der Waals surface area contributed by atoms with E-state index < -0.39 is 0 Å². The van der Waals surface area contributed by atoms with Crippen LogP contribution in [0.1, 0.15) is 65.2 Å². The van der Waals surface area contributed by atoms with Gasteiger partial charge in [-0.2, -0.15) is 5.26 Å². The van der Waals surface area contributed by atoms with Gasteiger partial charge in [0.25, 0.3) is 5.91 Å². The Labute approximate surface area is 231 Å². The van der Waals surface area contributed by atoms with Gasteiger partial charge >= 0.3 is 0 Å². The van der Waals surface area contributed by atoms with E-state index in [0.29, 0.717) is 12.1 Å². The zero-order valence-electron chi connectivity index (χ0n) is 23.1. The van der Waals surface area contributed by atoms with Crippen LogP contribution in [0.4, 0.5) is 0 Å². The van der Waals surface area contributed by atoms with E-state index in [-0.39, 0.29) is 23.3 Å². The molecular formula is C32H39N5O2. The Morgan fingerprint density at radius 3 is 2.67 bits per heavy atom. The van der Waals surface area contributed by atoms with Crippen molar-refractivity contribution >= 4 is 16.8 Å². The summed E-state index contributed by atoms with van der Waals surface area (Å²) < 4.78 is 5.86. The Morgan fingerprint density at radius 1 is 1.18 bits per heavy atom. The van der Waals surface area contributed by atoms with Crippen LogP contribution >= 0.6 is 0 Å². The standard InChI is InChI=1S/C32H39N5O2/c1-22-16-29(39-2)27(26-8-10-34-30(22)26)21-37-14-9-32(17-23(18-32)20-33)19-28(37)24-4-6-25(7-5-24)31(38)35-11-15-36-12-3-13-36/h4-8,10,16,23,28,34H,3,9,11-15,17-19,21H2,1-2H3,(H,35,38). The lowest BCUT2D eigenvalue weighted by molar-refractivity contribution is -0.0298. The lowest BCUT2D eigenvalue weighted by Crippen LogP contribution is -2.48. The van der Waals surface area contributed by atoms with Gasteiger partial charge in [0.05, 0.1) is 13.2 Å². The summed E-state index contributed by atoms with van der Waals surface area (Å²) in [5, 5.41) is 13.8. The molecule has 3 heterocycles. The van der Waals surface area contributed by atoms with Crippen molar-refractivity contribution in [3.63, 3.8) is 0 Å². The van der Waals surface area contributed by atoms with Crippen LogP contribution in [-0.2, 0) is 6.54 Å². The van der Waals surface area contributed by atoms with Gasteiger partial charge in [-0.1, -0.05) is 12.1 Å². The Kier molecular flexibility index (Phi) is 7.09. The topological polar surface area (TPSA) is 84.4 Å². The second kappa shape index (κ2) is 10.7. The van der Waals surface area contributed by atoms with E-state index in [9.17, 15) is 10.1 Å². The quantitative estimate of drug-likeness (QED) is 0.424. The average Bonchev–Trinajstić information content (AvgIpc) is 3.41. The number of hydrogen-bond acceptors (Lipinski definition) is 5. The van der Waals surface area contributed by atoms with Crippen LogP contribution in [-0.4, -0.2) is 60.5 Å². The molecule has 1 saturated carbocycles. The number of fused-ring (bicyclic) bond motifs is 1. The predicted molar refractivity (Wildman–Crippen MR) is 153 cm³/mol. The first-order valence-electron chi connectivity index (χ1n) is 14.4. The fraction of sp³-hybridized carbons (Fsp3) is 0.500. The van der Waals surface area contributed by atoms with Crippen LogP contribution in [0.25, 0.3) is 10.9 Å². The van der Waals surface area contributed by atoms with Crippen LogP contribution < -0.4 is 10.1 Å². The van der Waals surface area contributed by atoms with Crippen molar-refractivity contribution in [2.75, 3.05) is 39.8 Å². The number of rotatable bonds is 8. The molecule has 3 aliphatic rings. The first-order valence-corrected chi connectivity index (χ1v) is 14.4. The second-order valence-electron chi connectivity index (χ2n) is 11.9. The van der Waals surface area contributed by atoms with Crippen molar-refractivity contribution in [1.29, 1.82) is 5.26 Å². The molecule has 1 atom stereocenters. The van der Waals surface area contributed by atoms with E-state index in [0.717, 1.165) is 69.7 Å². The zero-order chi connectivity index (χ0) is 27.0. The number of methoxy groups -OCH3 is 1. The molecule has 1 amide bonds. The average molecular weight is 526 g/mol. The van der Waals surface area contributed by atoms with Gasteiger partial charge in [0.1, 0.15) is 5.75 Å². The molecule has 3 aromatic rings. The fourth-order valence-electron chi connectivity index (χ4n) is 7.02. The molecule has 6 rings (SSSR count). The number of nitrogens with one attached hydrogen (secondary N) is 2. The number of likely N-dealkylation sites (tertiary alicyclic amines) is 2. The molecule has 7 nitrogen and oxygen atoms in total. The number of aromatic nitrogens is 1. The second-order valence-corrected chi connectivity index (χ2v) is 11.9. The summed E-state index contributed by atoms with van der Waals surface area (Å²) in [6.07, 6.45) is 7.43. The summed E-state index contributed by atoms with van der Waals surface area (Å²) >= 11 is 0. The van der Waals surface area contributed by atoms with E-state index in [1.54, 1.807) is 7.11 Å². The molecule has 2 aromatic carbocycles. The molecule has 1 aromatic heterocycles. The molecule has 1 unspecified atom stereocenters. The molecule has 1 spiro atoms. The number of H-pyrrole nitrogens is 1. The highest BCUT2D eigenvalue weighted by Gasteiger charge is 2.49. The molecule has 2 saturated heterocycles. The summed E-state index contributed by atoms with van der Waals surface area (Å²) in [4.78, 5) is 21.1. The number of benzene rings is 2. The number of nitriles is 1. The fourth-order valence-corrected chi connectivity index (χ4v) is 7.02. The van der Waals surface area contributed by atoms with Gasteiger partial charge < -0.3 is 19.9 Å². The van der Waals surface area contributed by atoms with Gasteiger partial charge in [-0.25, -0.2) is 0 Å². The maximum absolute atomic E-state index is 12.8. The monoisotopic (exact) mass is 525 g/mol. The van der Waals surface area contributed by atoms with Crippen LogP contribution in [0, 0.1) is 29.6 Å². The maximum Gasteiger partial charge on any atom is 0.251 e. The SMILES string of the molecule is COc1cc(C)c2[nH]ccc2c1CN1CCC2(CC(C#N)C2)CC1c1ccc(C(=O)NCCN2CCC2)cc1. The van der Waals surface area contributed by atoms with Crippen molar-refractivity contribution in [2.24, 2.45) is 11.3 Å². The minimum Gasteiger partial charge on any atom is -0.496 e. The Bertz CT molecular complexity index is 1380. The smallest absolute Gasteiger partial charge is 0.251 e. The van der Waals surface area contributed by atoms with Crippen molar-refractivity contribution in [3.8, 4) is 11.8 Å². The molecule has 7 heteroatoms. The summed E-state index contributed by atoms with van der Waals surface area (Å²) in [5.41, 5.74) is 5.75. The lowest BCUT2D eigenvalue weighted by Gasteiger charge is -2.53. The number of carbonyl (C=O) groups is 1. The summed E-state index contributed by atoms with van der Waals surface area (Å²) in [6.45, 7) is 7.77. The number of aromatic amines is 1. The van der Waals surface area contributed by atoms with E-state index in [1.807, 2.05) is 18.3 Å². The molecule has 3 fully saturated rings. The first-order chi connectivity index (χ1) is 19.0. The van der Waals surface area contributed by atoms with Gasteiger partial charge in [-0.15, -0.1) is 0 Å². The summed E-state index contributed by atoms with van der Waals surface area (Å²) in [5.74, 6) is 1.11. The van der Waals surface area contributed by atoms with Crippen LogP contribution in [0.3, 0.4) is 0 Å². The number of amides is 1. The van der Waals surface area contributed by atoms with Crippen LogP contribution in [0.15, 0.2) is 42.6 Å². The third kappa shape index (κ3) is 5.04. The highest BCUT2D eigenvalue weighted by molar-refractivity contribution is 5.94. The summed E-state index contributed by atoms with van der Waals surface area (Å²) in [7, 11) is 1.75. The van der Waals surface area contributed by atoms with E-state index >= 15 is 0 Å². The number of carbonyl (C=O) groups excluding carboxylic acids is 1. The van der Waals surface area contributed by atoms with E-state index in [2.05, 4.69) is 57.4 Å². The van der Waals surface area contributed by atoms with Gasteiger partial charge in [-0.05, 0) is 99.5 Å². The normalized spacial score (nSPS) is 25.2. The molecule has 0 bridgehead atoms. The van der Waals surface area contributed by atoms with E-state index in [4.69, 9.17) is 4.74 Å². The molecule has 39 heavy (non-hydrogen) atoms. The van der Waals surface area contributed by atoms with Gasteiger partial charge in [0.15, 0.2) is 0 Å². The van der Waals surface area contributed by atoms with Crippen molar-refractivity contribution in [2.45, 2.75) is 51.6 Å². The maximum atomic E-state index is 12.8. The predicted octanol–water partition coefficient (Wildman–Crippen LogP) is 5.18. The molecule has 204 valence electrons. The first kappa shape index (κ1) is 25.9. The minimum absolute atomic E-state index is 0.00543. The van der Waals surface area contributed by atoms with Crippen molar-refractivity contribution in [3.05, 3.63) is 64.8 Å². The molecule has 1 aliphatic carbocycles. The number of hydrogen-bond donors (Lipinski definition) is 2. The minimum atomic E-state index is -0.00543. The van der Waals surface area contributed by atoms with Crippen LogP contribution in [0.2, 0.25) is 0 Å². The van der Waals surface area contributed by atoms with Gasteiger partial charge in [-0.3, -0.25) is 9.69 Å². The van der Waals surface area contributed by atoms with Gasteiger partial charge in [0, 0.05) is 59.8 Å². The molecule has 2 N–H and O–H groups in total. The molecule has 2 aliphatic heterocycles. The number of piperidine rings is 1. The van der Waals surface area contributed by atoms with E-state index in [1.165, 1.54) is 28.5 Å². The highest BCUT2D eigenvalue weighted by atomic mass is 16.5. The number of nitrogens with zero attached hydrogens (tertiary/aromatic N) is 3. The Morgan fingerprint density at radius 2 is 1.97 bits per heavy atom. The Balaban J connectivity index is 1.23. The summed E-state index contributed by atoms with van der Waals surface area (Å²) in [6, 6.07) is 15.2.